The van der Waals surface area contributed by atoms with E-state index in [4.69, 9.17) is 29.4 Å². The first kappa shape index (κ1) is 21.1. The van der Waals surface area contributed by atoms with E-state index in [-0.39, 0.29) is 36.6 Å². The molecule has 0 bridgehead atoms. The van der Waals surface area contributed by atoms with Crippen LogP contribution in [0.2, 0.25) is 0 Å². The molecule has 0 saturated carbocycles. The predicted molar refractivity (Wildman–Crippen MR) is 107 cm³/mol. The first-order valence-electron chi connectivity index (χ1n) is 9.31. The van der Waals surface area contributed by atoms with Crippen molar-refractivity contribution in [1.29, 1.82) is 0 Å². The molecule has 0 atom stereocenters. The van der Waals surface area contributed by atoms with E-state index in [0.29, 0.717) is 30.2 Å². The molecule has 1 heterocycles. The van der Waals surface area contributed by atoms with E-state index >= 15 is 0 Å². The monoisotopic (exact) mass is 416 g/mol. The van der Waals surface area contributed by atoms with Crippen molar-refractivity contribution in [1.82, 2.24) is 4.90 Å². The fraction of sp³-hybridized carbons (Fsp3) is 0.333. The highest BCUT2D eigenvalue weighted by molar-refractivity contribution is 5.95. The highest BCUT2D eigenvalue weighted by Crippen LogP contribution is 2.39. The Balaban J connectivity index is 1.85. The Morgan fingerprint density at radius 1 is 1.07 bits per heavy atom. The number of nitrogens with two attached hydrogens (primary N) is 1. The lowest BCUT2D eigenvalue weighted by Crippen LogP contribution is -2.30. The molecule has 2 aromatic carbocycles. The number of nitrogens with zero attached hydrogens (tertiary/aromatic N) is 1. The lowest BCUT2D eigenvalue weighted by atomic mass is 10.1. The summed E-state index contributed by atoms with van der Waals surface area (Å²) in [6.45, 7) is 2.61. The molecule has 0 aromatic heterocycles. The number of carbonyl (C=O) groups excluding carboxylic acids is 2. The topological polar surface area (TPSA) is 110 Å². The Bertz CT molecular complexity index is 920. The molecule has 9 heteroatoms. The van der Waals surface area contributed by atoms with Gasteiger partial charge >= 0.3 is 0 Å². The lowest BCUT2D eigenvalue weighted by Gasteiger charge is -2.22. The van der Waals surface area contributed by atoms with Gasteiger partial charge < -0.3 is 34.3 Å². The maximum atomic E-state index is 13.2. The normalized spacial score (nSPS) is 11.7. The van der Waals surface area contributed by atoms with Gasteiger partial charge in [0.25, 0.3) is 11.8 Å². The van der Waals surface area contributed by atoms with Crippen LogP contribution in [0.4, 0.5) is 0 Å². The molecule has 0 spiro atoms. The van der Waals surface area contributed by atoms with Crippen LogP contribution < -0.4 is 29.4 Å². The summed E-state index contributed by atoms with van der Waals surface area (Å²) in [4.78, 5) is 25.9. The molecular weight excluding hydrogens is 392 g/mol. The quantitative estimate of drug-likeness (QED) is 0.665. The van der Waals surface area contributed by atoms with E-state index in [1.807, 2.05) is 25.1 Å². The van der Waals surface area contributed by atoms with E-state index < -0.39 is 5.91 Å². The van der Waals surface area contributed by atoms with Crippen molar-refractivity contribution in [2.24, 2.45) is 5.73 Å². The van der Waals surface area contributed by atoms with Crippen LogP contribution in [-0.2, 0) is 11.3 Å². The van der Waals surface area contributed by atoms with Gasteiger partial charge in [-0.2, -0.15) is 0 Å². The van der Waals surface area contributed by atoms with Gasteiger partial charge in [-0.05, 0) is 36.8 Å². The van der Waals surface area contributed by atoms with Crippen molar-refractivity contribution in [2.75, 3.05) is 34.2 Å². The second-order valence-corrected chi connectivity index (χ2v) is 6.47. The number of benzene rings is 2. The summed E-state index contributed by atoms with van der Waals surface area (Å²) in [5, 5.41) is 0. The van der Waals surface area contributed by atoms with Crippen LogP contribution in [-0.4, -0.2) is 50.9 Å². The molecule has 3 rings (SSSR count). The number of carbonyl (C=O) groups is 2. The summed E-state index contributed by atoms with van der Waals surface area (Å²) < 4.78 is 26.8. The minimum absolute atomic E-state index is 0.193. The molecule has 9 nitrogen and oxygen atoms in total. The minimum atomic E-state index is -0.639. The zero-order chi connectivity index (χ0) is 21.7. The molecule has 2 amide bonds. The van der Waals surface area contributed by atoms with Gasteiger partial charge in [0.1, 0.15) is 0 Å². The number of rotatable bonds is 9. The van der Waals surface area contributed by atoms with E-state index in [2.05, 4.69) is 0 Å². The number of ether oxygens (including phenoxy) is 5. The third-order valence-corrected chi connectivity index (χ3v) is 4.55. The zero-order valence-electron chi connectivity index (χ0n) is 17.1. The van der Waals surface area contributed by atoms with Gasteiger partial charge in [0.05, 0.1) is 14.2 Å². The van der Waals surface area contributed by atoms with Crippen molar-refractivity contribution in [2.45, 2.75) is 13.5 Å². The number of methoxy groups -OCH3 is 2. The maximum absolute atomic E-state index is 13.2. The van der Waals surface area contributed by atoms with Gasteiger partial charge in [-0.3, -0.25) is 9.59 Å². The Labute approximate surface area is 174 Å². The number of amides is 2. The SMILES string of the molecule is CCN(Cc1ccc2c(c1)OCO2)C(=O)c1cc(OC)c(OCC(N)=O)c(OC)c1. The molecule has 0 radical (unpaired) electrons. The molecule has 0 aliphatic carbocycles. The van der Waals surface area contributed by atoms with Crippen LogP contribution in [0.15, 0.2) is 30.3 Å². The van der Waals surface area contributed by atoms with Crippen LogP contribution in [0.1, 0.15) is 22.8 Å². The Kier molecular flexibility index (Phi) is 6.51. The molecule has 0 unspecified atom stereocenters. The van der Waals surface area contributed by atoms with Gasteiger partial charge in [0.2, 0.25) is 12.5 Å². The number of hydrogen-bond donors (Lipinski definition) is 1. The standard InChI is InChI=1S/C21H24N2O7/c1-4-23(10-13-5-6-15-16(7-13)30-12-29-15)21(25)14-8-17(26-2)20(18(9-14)27-3)28-11-19(22)24/h5-9H,4,10-12H2,1-3H3,(H2,22,24). The van der Waals surface area contributed by atoms with Gasteiger partial charge in [0.15, 0.2) is 29.6 Å². The number of fused-ring (bicyclic) bond motifs is 1. The summed E-state index contributed by atoms with van der Waals surface area (Å²) in [6.07, 6.45) is 0. The van der Waals surface area contributed by atoms with E-state index in [0.717, 1.165) is 5.56 Å². The summed E-state index contributed by atoms with van der Waals surface area (Å²) in [6, 6.07) is 8.67. The number of hydrogen-bond acceptors (Lipinski definition) is 7. The maximum Gasteiger partial charge on any atom is 0.255 e. The van der Waals surface area contributed by atoms with Gasteiger partial charge in [0, 0.05) is 18.7 Å². The van der Waals surface area contributed by atoms with Crippen LogP contribution >= 0.6 is 0 Å². The van der Waals surface area contributed by atoms with Crippen LogP contribution in [0.3, 0.4) is 0 Å². The first-order chi connectivity index (χ1) is 14.5. The third-order valence-electron chi connectivity index (χ3n) is 4.55. The Hall–Kier alpha value is -3.62. The van der Waals surface area contributed by atoms with Gasteiger partial charge in [-0.1, -0.05) is 6.07 Å². The fourth-order valence-electron chi connectivity index (χ4n) is 3.06. The highest BCUT2D eigenvalue weighted by atomic mass is 16.7. The lowest BCUT2D eigenvalue weighted by molar-refractivity contribution is -0.120. The van der Waals surface area contributed by atoms with Crippen molar-refractivity contribution in [3.05, 3.63) is 41.5 Å². The van der Waals surface area contributed by atoms with Crippen LogP contribution in [0.25, 0.3) is 0 Å². The summed E-state index contributed by atoms with van der Waals surface area (Å²) in [7, 11) is 2.87. The smallest absolute Gasteiger partial charge is 0.255 e. The molecule has 30 heavy (non-hydrogen) atoms. The van der Waals surface area contributed by atoms with Crippen molar-refractivity contribution < 1.29 is 33.3 Å². The van der Waals surface area contributed by atoms with Crippen molar-refractivity contribution >= 4 is 11.8 Å². The third kappa shape index (κ3) is 4.51. The largest absolute Gasteiger partial charge is 0.493 e. The fourth-order valence-corrected chi connectivity index (χ4v) is 3.06. The van der Waals surface area contributed by atoms with Crippen LogP contribution in [0.5, 0.6) is 28.7 Å². The van der Waals surface area contributed by atoms with Crippen LogP contribution in [0, 0.1) is 0 Å². The molecule has 0 fully saturated rings. The average molecular weight is 416 g/mol. The van der Waals surface area contributed by atoms with Gasteiger partial charge in [-0.15, -0.1) is 0 Å². The summed E-state index contributed by atoms with van der Waals surface area (Å²) >= 11 is 0. The molecule has 0 saturated heterocycles. The van der Waals surface area contributed by atoms with E-state index in [1.165, 1.54) is 14.2 Å². The van der Waals surface area contributed by atoms with E-state index in [9.17, 15) is 9.59 Å². The van der Waals surface area contributed by atoms with Crippen molar-refractivity contribution in [3.8, 4) is 28.7 Å². The summed E-state index contributed by atoms with van der Waals surface area (Å²) in [5.74, 6) is 1.23. The predicted octanol–water partition coefficient (Wildman–Crippen LogP) is 1.96. The summed E-state index contributed by atoms with van der Waals surface area (Å²) in [5.41, 5.74) is 6.41. The molecule has 2 N–H and O–H groups in total. The first-order valence-corrected chi connectivity index (χ1v) is 9.31. The zero-order valence-corrected chi connectivity index (χ0v) is 17.1. The molecule has 1 aliphatic rings. The molecule has 1 aliphatic heterocycles. The Morgan fingerprint density at radius 2 is 1.73 bits per heavy atom. The van der Waals surface area contributed by atoms with Gasteiger partial charge in [-0.25, -0.2) is 0 Å². The van der Waals surface area contributed by atoms with E-state index in [1.54, 1.807) is 17.0 Å². The second kappa shape index (κ2) is 9.25. The highest BCUT2D eigenvalue weighted by Gasteiger charge is 2.22. The molecule has 160 valence electrons. The minimum Gasteiger partial charge on any atom is -0.493 e. The molecule has 2 aromatic rings. The Morgan fingerprint density at radius 3 is 2.33 bits per heavy atom. The number of primary amides is 1. The van der Waals surface area contributed by atoms with Crippen molar-refractivity contribution in [3.63, 3.8) is 0 Å². The average Bonchev–Trinajstić information content (AvgIpc) is 3.22. The molecular formula is C21H24N2O7. The second-order valence-electron chi connectivity index (χ2n) is 6.47.